The van der Waals surface area contributed by atoms with Crippen LogP contribution in [0.3, 0.4) is 0 Å². The maximum atomic E-state index is 3.74. The van der Waals surface area contributed by atoms with E-state index in [9.17, 15) is 0 Å². The molecule has 0 aliphatic rings. The van der Waals surface area contributed by atoms with E-state index in [1.54, 1.807) is 0 Å². The maximum absolute atomic E-state index is 3.74. The van der Waals surface area contributed by atoms with Crippen molar-refractivity contribution in [2.45, 2.75) is 46.2 Å². The number of benzene rings is 1. The van der Waals surface area contributed by atoms with E-state index in [2.05, 4.69) is 63.0 Å². The third-order valence-corrected chi connectivity index (χ3v) is 7.69. The molecule has 1 aromatic rings. The summed E-state index contributed by atoms with van der Waals surface area (Å²) in [6, 6.07) is 10.3. The molecule has 0 heterocycles. The molecule has 0 aromatic heterocycles. The van der Waals surface area contributed by atoms with Gasteiger partial charge in [-0.15, -0.1) is 0 Å². The summed E-state index contributed by atoms with van der Waals surface area (Å²) < 4.78 is 3.74. The standard InChI is InChI=1S/C7H8.C6H19NSi2.K/c1-7-5-3-2-4-6-7;1-8(2,3)7-9(4,5)6;/h2-6H,1H3;7H,1-6H3;. The summed E-state index contributed by atoms with van der Waals surface area (Å²) in [4.78, 5) is 0. The fourth-order valence-corrected chi connectivity index (χ4v) is 10.7. The van der Waals surface area contributed by atoms with Crippen LogP contribution in [-0.2, 0) is 0 Å². The molecule has 1 radical (unpaired) electrons. The average Bonchev–Trinajstić information content (AvgIpc) is 1.99. The molecule has 93 valence electrons. The molecule has 0 bridgehead atoms. The predicted octanol–water partition coefficient (Wildman–Crippen LogP) is 3.86. The Kier molecular flexibility index (Phi) is 11.1. The molecule has 0 atom stereocenters. The number of nitrogens with one attached hydrogen (secondary N) is 1. The summed E-state index contributed by atoms with van der Waals surface area (Å²) in [5.74, 6) is 0. The minimum Gasteiger partial charge on any atom is -0.360 e. The van der Waals surface area contributed by atoms with Crippen molar-refractivity contribution in [2.75, 3.05) is 0 Å². The zero-order chi connectivity index (χ0) is 12.8. The van der Waals surface area contributed by atoms with Crippen LogP contribution in [0.4, 0.5) is 0 Å². The van der Waals surface area contributed by atoms with Gasteiger partial charge in [-0.25, -0.2) is 0 Å². The monoisotopic (exact) mass is 292 g/mol. The van der Waals surface area contributed by atoms with Crippen LogP contribution in [0.2, 0.25) is 39.3 Å². The van der Waals surface area contributed by atoms with Crippen molar-refractivity contribution in [3.63, 3.8) is 0 Å². The number of rotatable bonds is 2. The molecule has 1 nitrogen and oxygen atoms in total. The Morgan fingerprint density at radius 3 is 1.24 bits per heavy atom. The van der Waals surface area contributed by atoms with Crippen LogP contribution in [0.25, 0.3) is 0 Å². The zero-order valence-electron chi connectivity index (χ0n) is 12.9. The van der Waals surface area contributed by atoms with Gasteiger partial charge >= 0.3 is 0 Å². The van der Waals surface area contributed by atoms with Gasteiger partial charge in [0.25, 0.3) is 0 Å². The third-order valence-electron chi connectivity index (χ3n) is 1.69. The Balaban J connectivity index is 0. The smallest absolute Gasteiger partial charge is 0.109 e. The number of hydrogen-bond donors (Lipinski definition) is 1. The molecular weight excluding hydrogens is 265 g/mol. The van der Waals surface area contributed by atoms with Crippen molar-refractivity contribution in [2.24, 2.45) is 0 Å². The Hall–Kier alpha value is 1.25. The van der Waals surface area contributed by atoms with E-state index < -0.39 is 16.5 Å². The second kappa shape index (κ2) is 9.20. The molecule has 1 N–H and O–H groups in total. The summed E-state index contributed by atoms with van der Waals surface area (Å²) in [5.41, 5.74) is 1.32. The first-order valence-corrected chi connectivity index (χ1v) is 12.9. The molecular formula is C13H27KNSi2. The summed E-state index contributed by atoms with van der Waals surface area (Å²) in [6.45, 7) is 16.2. The first kappa shape index (κ1) is 20.6. The van der Waals surface area contributed by atoms with Crippen molar-refractivity contribution in [1.29, 1.82) is 0 Å². The van der Waals surface area contributed by atoms with Gasteiger partial charge in [-0.3, -0.25) is 0 Å². The molecule has 0 aliphatic carbocycles. The van der Waals surface area contributed by atoms with Crippen molar-refractivity contribution in [3.05, 3.63) is 35.9 Å². The Bertz CT molecular complexity index is 277. The molecule has 0 unspecified atom stereocenters. The van der Waals surface area contributed by atoms with Crippen LogP contribution in [0.15, 0.2) is 30.3 Å². The number of hydrogen-bond acceptors (Lipinski definition) is 1. The normalized spacial score (nSPS) is 11.0. The van der Waals surface area contributed by atoms with Gasteiger partial charge in [0.05, 0.1) is 0 Å². The second-order valence-electron chi connectivity index (χ2n) is 6.28. The van der Waals surface area contributed by atoms with Crippen molar-refractivity contribution < 1.29 is 0 Å². The molecule has 0 saturated heterocycles. The van der Waals surface area contributed by atoms with Crippen LogP contribution in [0, 0.1) is 6.92 Å². The SMILES string of the molecule is C[Si](C)(C)N[Si](C)(C)C.Cc1ccccc1.[K]. The molecule has 4 heteroatoms. The van der Waals surface area contributed by atoms with Gasteiger partial charge in [-0.05, 0) is 6.92 Å². The summed E-state index contributed by atoms with van der Waals surface area (Å²) in [7, 11) is -1.96. The Morgan fingerprint density at radius 1 is 0.765 bits per heavy atom. The van der Waals surface area contributed by atoms with Gasteiger partial charge in [0.15, 0.2) is 0 Å². The van der Waals surface area contributed by atoms with Crippen molar-refractivity contribution in [1.82, 2.24) is 4.65 Å². The molecule has 0 amide bonds. The van der Waals surface area contributed by atoms with Gasteiger partial charge in [-0.2, -0.15) is 0 Å². The van der Waals surface area contributed by atoms with Gasteiger partial charge < -0.3 is 4.65 Å². The van der Waals surface area contributed by atoms with E-state index in [1.807, 2.05) is 18.2 Å². The fourth-order valence-electron chi connectivity index (χ4n) is 1.66. The largest absolute Gasteiger partial charge is 0.360 e. The molecule has 0 fully saturated rings. The Morgan fingerprint density at radius 2 is 1.12 bits per heavy atom. The Labute approximate surface area is 152 Å². The molecule has 17 heavy (non-hydrogen) atoms. The van der Waals surface area contributed by atoms with Crippen LogP contribution < -0.4 is 4.65 Å². The summed E-state index contributed by atoms with van der Waals surface area (Å²) >= 11 is 0. The van der Waals surface area contributed by atoms with Crippen LogP contribution in [0.5, 0.6) is 0 Å². The minimum absolute atomic E-state index is 0. The topological polar surface area (TPSA) is 12.0 Å². The zero-order valence-corrected chi connectivity index (χ0v) is 18.0. The van der Waals surface area contributed by atoms with E-state index in [4.69, 9.17) is 0 Å². The maximum Gasteiger partial charge on any atom is 0.109 e. The molecule has 0 spiro atoms. The van der Waals surface area contributed by atoms with Gasteiger partial charge in [0.2, 0.25) is 0 Å². The van der Waals surface area contributed by atoms with E-state index in [0.29, 0.717) is 0 Å². The first-order valence-electron chi connectivity index (χ1n) is 5.91. The minimum atomic E-state index is -0.981. The summed E-state index contributed by atoms with van der Waals surface area (Å²) in [5, 5.41) is 0. The second-order valence-corrected chi connectivity index (χ2v) is 16.3. The van der Waals surface area contributed by atoms with E-state index in [0.717, 1.165) is 0 Å². The molecule has 0 saturated carbocycles. The quantitative estimate of drug-likeness (QED) is 0.816. The average molecular weight is 293 g/mol. The summed E-state index contributed by atoms with van der Waals surface area (Å²) in [6.07, 6.45) is 0. The van der Waals surface area contributed by atoms with Gasteiger partial charge in [0.1, 0.15) is 16.5 Å². The van der Waals surface area contributed by atoms with Gasteiger partial charge in [0, 0.05) is 51.4 Å². The van der Waals surface area contributed by atoms with E-state index in [-0.39, 0.29) is 51.4 Å². The van der Waals surface area contributed by atoms with Gasteiger partial charge in [-0.1, -0.05) is 75.2 Å². The van der Waals surface area contributed by atoms with Crippen molar-refractivity contribution in [3.8, 4) is 0 Å². The van der Waals surface area contributed by atoms with Crippen LogP contribution in [0.1, 0.15) is 5.56 Å². The van der Waals surface area contributed by atoms with Crippen LogP contribution >= 0.6 is 0 Å². The predicted molar refractivity (Wildman–Crippen MR) is 86.8 cm³/mol. The number of aryl methyl sites for hydroxylation is 1. The third kappa shape index (κ3) is 17.3. The van der Waals surface area contributed by atoms with Crippen molar-refractivity contribution >= 4 is 67.9 Å². The first-order chi connectivity index (χ1) is 7.10. The molecule has 1 aromatic carbocycles. The fraction of sp³-hybridized carbons (Fsp3) is 0.538. The van der Waals surface area contributed by atoms with E-state index >= 15 is 0 Å². The van der Waals surface area contributed by atoms with Crippen LogP contribution in [-0.4, -0.2) is 67.9 Å². The van der Waals surface area contributed by atoms with E-state index in [1.165, 1.54) is 5.56 Å². The molecule has 1 rings (SSSR count). The molecule has 0 aliphatic heterocycles.